The molecule has 1 unspecified atom stereocenters. The molecule has 1 rings (SSSR count). The van der Waals surface area contributed by atoms with Crippen LogP contribution in [-0.4, -0.2) is 25.5 Å². The largest absolute Gasteiger partial charge is 0.365 e. The van der Waals surface area contributed by atoms with E-state index in [0.29, 0.717) is 9.39 Å². The summed E-state index contributed by atoms with van der Waals surface area (Å²) < 4.78 is 9.91. The Hall–Kier alpha value is -0.330. The van der Waals surface area contributed by atoms with Gasteiger partial charge in [-0.25, -0.2) is 4.40 Å². The Morgan fingerprint density at radius 1 is 1.83 bits per heavy atom. The highest BCUT2D eigenvalue weighted by Crippen LogP contribution is 2.60. The van der Waals surface area contributed by atoms with Crippen LogP contribution in [0, 0.1) is 0 Å². The number of halogens is 1. The molecule has 12 heavy (non-hydrogen) atoms. The van der Waals surface area contributed by atoms with Gasteiger partial charge in [-0.15, -0.1) is 0 Å². The molecule has 0 bridgehead atoms. The number of nitrogens with two attached hydrogens (primary N) is 1. The zero-order chi connectivity index (χ0) is 9.35. The van der Waals surface area contributed by atoms with Crippen LogP contribution in [0.3, 0.4) is 0 Å². The molecule has 1 atom stereocenters. The second-order valence-corrected chi connectivity index (χ2v) is 6.13. The van der Waals surface area contributed by atoms with Gasteiger partial charge in [0.05, 0.1) is 22.7 Å². The summed E-state index contributed by atoms with van der Waals surface area (Å²) in [6.07, 6.45) is 3.27. The molecule has 1 aliphatic rings. The van der Waals surface area contributed by atoms with Gasteiger partial charge in [0.2, 0.25) is 0 Å². The van der Waals surface area contributed by atoms with Gasteiger partial charge in [-0.3, -0.25) is 4.79 Å². The maximum absolute atomic E-state index is 10.8. The number of nitrogens with zero attached hydrogens (tertiary/aromatic N) is 1. The van der Waals surface area contributed by atoms with Crippen LogP contribution in [0.1, 0.15) is 0 Å². The van der Waals surface area contributed by atoms with E-state index in [0.717, 1.165) is 0 Å². The lowest BCUT2D eigenvalue weighted by atomic mass is 10.3. The van der Waals surface area contributed by atoms with Crippen LogP contribution < -0.4 is 5.73 Å². The molecule has 1 aliphatic heterocycles. The third-order valence-corrected chi connectivity index (χ3v) is 5.79. The number of carbonyl (C=O) groups excluding carboxylic acids is 1. The Morgan fingerprint density at radius 2 is 2.42 bits per heavy atom. The summed E-state index contributed by atoms with van der Waals surface area (Å²) in [6.45, 7) is 0. The highest BCUT2D eigenvalue weighted by Gasteiger charge is 2.29. The quantitative estimate of drug-likeness (QED) is 0.800. The Kier molecular flexibility index (Phi) is 2.60. The van der Waals surface area contributed by atoms with Crippen molar-refractivity contribution in [3.8, 4) is 0 Å². The minimum Gasteiger partial charge on any atom is -0.365 e. The molecular weight excluding hydrogens is 244 g/mol. The zero-order valence-corrected chi connectivity index (χ0v) is 9.11. The molecule has 6 heteroatoms. The summed E-state index contributed by atoms with van der Waals surface area (Å²) in [7, 11) is -0.0962. The van der Waals surface area contributed by atoms with E-state index in [2.05, 4.69) is 20.3 Å². The van der Waals surface area contributed by atoms with Crippen LogP contribution >= 0.6 is 26.4 Å². The fourth-order valence-corrected chi connectivity index (χ4v) is 2.87. The lowest BCUT2D eigenvalue weighted by Gasteiger charge is -2.24. The average molecular weight is 253 g/mol. The van der Waals surface area contributed by atoms with E-state index < -0.39 is 16.4 Å². The molecule has 0 aliphatic carbocycles. The highest BCUT2D eigenvalue weighted by atomic mass is 79.9. The Morgan fingerprint density at radius 3 is 2.67 bits per heavy atom. The van der Waals surface area contributed by atoms with Gasteiger partial charge in [0, 0.05) is 6.26 Å². The van der Waals surface area contributed by atoms with Crippen LogP contribution in [-0.2, 0) is 8.98 Å². The topological polar surface area (TPSA) is 64.7 Å². The molecule has 0 fully saturated rings. The first-order valence-electron chi connectivity index (χ1n) is 3.10. The molecule has 2 N–H and O–H groups in total. The van der Waals surface area contributed by atoms with E-state index in [4.69, 9.17) is 9.92 Å². The van der Waals surface area contributed by atoms with Crippen molar-refractivity contribution in [3.63, 3.8) is 0 Å². The van der Waals surface area contributed by atoms with Crippen LogP contribution in [0.15, 0.2) is 13.8 Å². The lowest BCUT2D eigenvalue weighted by molar-refractivity contribution is -0.114. The third kappa shape index (κ3) is 1.41. The van der Waals surface area contributed by atoms with Crippen molar-refractivity contribution in [2.45, 2.75) is 0 Å². The molecule has 4 nitrogen and oxygen atoms in total. The molecule has 0 aromatic carbocycles. The summed E-state index contributed by atoms with van der Waals surface area (Å²) in [4.78, 5) is 10.8. The standard InChI is InChI=1S/C6H9BrN2O2S/c1-11-12(2)5(7)4(3-9-12)6(8)10/h3H,1-2H3,(H2,8,10). The first kappa shape index (κ1) is 9.76. The van der Waals surface area contributed by atoms with Gasteiger partial charge in [-0.1, -0.05) is 0 Å². The van der Waals surface area contributed by atoms with Gasteiger partial charge in [-0.2, -0.15) is 0 Å². The van der Waals surface area contributed by atoms with E-state index >= 15 is 0 Å². The van der Waals surface area contributed by atoms with Crippen molar-refractivity contribution in [2.24, 2.45) is 10.1 Å². The normalized spacial score (nSPS) is 33.6. The van der Waals surface area contributed by atoms with E-state index in [-0.39, 0.29) is 0 Å². The second-order valence-electron chi connectivity index (χ2n) is 2.26. The summed E-state index contributed by atoms with van der Waals surface area (Å²) >= 11 is 3.25. The Balaban J connectivity index is 3.08. The predicted molar refractivity (Wildman–Crippen MR) is 54.2 cm³/mol. The van der Waals surface area contributed by atoms with Gasteiger partial charge < -0.3 is 9.92 Å². The minimum absolute atomic E-state index is 0.398. The van der Waals surface area contributed by atoms with Gasteiger partial charge in [0.25, 0.3) is 5.91 Å². The number of hydrogen-bond acceptors (Lipinski definition) is 3. The van der Waals surface area contributed by atoms with Crippen molar-refractivity contribution in [1.29, 1.82) is 0 Å². The van der Waals surface area contributed by atoms with E-state index in [9.17, 15) is 4.79 Å². The van der Waals surface area contributed by atoms with Crippen LogP contribution in [0.2, 0.25) is 0 Å². The molecule has 0 saturated heterocycles. The molecule has 68 valence electrons. The Bertz CT molecular complexity index is 289. The first-order valence-corrected chi connectivity index (χ1v) is 5.81. The number of rotatable bonds is 2. The van der Waals surface area contributed by atoms with Crippen molar-refractivity contribution in [1.82, 2.24) is 0 Å². The van der Waals surface area contributed by atoms with Crippen LogP contribution in [0.4, 0.5) is 0 Å². The van der Waals surface area contributed by atoms with Crippen LogP contribution in [0.5, 0.6) is 0 Å². The van der Waals surface area contributed by atoms with Crippen LogP contribution in [0.25, 0.3) is 0 Å². The highest BCUT2D eigenvalue weighted by molar-refractivity contribution is 9.14. The van der Waals surface area contributed by atoms with Gasteiger partial charge in [0.1, 0.15) is 0 Å². The summed E-state index contributed by atoms with van der Waals surface area (Å²) in [6, 6.07) is 0. The number of carbonyl (C=O) groups is 1. The van der Waals surface area contributed by atoms with E-state index in [1.165, 1.54) is 6.21 Å². The number of hydrogen-bond donors (Lipinski definition) is 1. The minimum atomic E-state index is -1.65. The molecule has 0 aromatic heterocycles. The SMILES string of the molecule is COS1(C)N=CC(C(N)=O)=C1Br. The number of amides is 1. The van der Waals surface area contributed by atoms with Gasteiger partial charge in [-0.05, 0) is 26.4 Å². The molecule has 0 aromatic rings. The molecular formula is C6H9BrN2O2S. The fraction of sp³-hybridized carbons (Fsp3) is 0.333. The summed E-state index contributed by atoms with van der Waals surface area (Å²) in [5, 5.41) is 0. The predicted octanol–water partition coefficient (Wildman–Crippen LogP) is 1.07. The van der Waals surface area contributed by atoms with Crippen molar-refractivity contribution in [2.75, 3.05) is 13.4 Å². The van der Waals surface area contributed by atoms with Gasteiger partial charge >= 0.3 is 0 Å². The lowest BCUT2D eigenvalue weighted by Crippen LogP contribution is -2.14. The molecule has 0 spiro atoms. The maximum Gasteiger partial charge on any atom is 0.252 e. The monoisotopic (exact) mass is 252 g/mol. The van der Waals surface area contributed by atoms with Crippen molar-refractivity contribution >= 4 is 38.5 Å². The molecule has 0 radical (unpaired) electrons. The Labute approximate surface area is 80.6 Å². The number of primary amides is 1. The average Bonchev–Trinajstić information content (AvgIpc) is 2.30. The fourth-order valence-electron chi connectivity index (χ4n) is 0.731. The third-order valence-electron chi connectivity index (χ3n) is 1.52. The van der Waals surface area contributed by atoms with E-state index in [1.54, 1.807) is 7.11 Å². The molecule has 1 heterocycles. The second kappa shape index (κ2) is 3.20. The first-order chi connectivity index (χ1) is 5.51. The van der Waals surface area contributed by atoms with E-state index in [1.807, 2.05) is 6.26 Å². The maximum atomic E-state index is 10.8. The molecule has 0 saturated carbocycles. The van der Waals surface area contributed by atoms with Gasteiger partial charge in [0.15, 0.2) is 0 Å². The molecule has 1 amide bonds. The van der Waals surface area contributed by atoms with Crippen molar-refractivity contribution < 1.29 is 8.98 Å². The summed E-state index contributed by atoms with van der Waals surface area (Å²) in [5.74, 6) is -0.487. The smallest absolute Gasteiger partial charge is 0.252 e. The zero-order valence-electron chi connectivity index (χ0n) is 6.70. The summed E-state index contributed by atoms with van der Waals surface area (Å²) in [5.41, 5.74) is 5.50. The van der Waals surface area contributed by atoms with Crippen molar-refractivity contribution in [3.05, 3.63) is 9.39 Å².